The normalized spacial score (nSPS) is 12.3. The van der Waals surface area contributed by atoms with E-state index in [9.17, 15) is 4.79 Å². The molecule has 0 rings (SSSR count). The number of carbonyl (C=O) groups is 1. The number of hydrogen-bond acceptors (Lipinski definition) is 2. The van der Waals surface area contributed by atoms with Crippen LogP contribution in [0.1, 0.15) is 90.9 Å². The number of hydrogen-bond donors (Lipinski definition) is 1. The smallest absolute Gasteiger partial charge is 0.305 e. The summed E-state index contributed by atoms with van der Waals surface area (Å²) in [5.41, 5.74) is 0. The van der Waals surface area contributed by atoms with E-state index in [-0.39, 0.29) is 5.97 Å². The fourth-order valence-electron chi connectivity index (χ4n) is 2.74. The van der Waals surface area contributed by atoms with Crippen LogP contribution < -0.4 is 5.32 Å². The molecule has 0 aliphatic carbocycles. The zero-order chi connectivity index (χ0) is 16.5. The molecule has 22 heavy (non-hydrogen) atoms. The van der Waals surface area contributed by atoms with Crippen molar-refractivity contribution in [3.63, 3.8) is 0 Å². The van der Waals surface area contributed by atoms with Gasteiger partial charge < -0.3 is 10.1 Å². The lowest BCUT2D eigenvalue weighted by molar-refractivity contribution is -0.627. The van der Waals surface area contributed by atoms with Crippen molar-refractivity contribution in [1.29, 1.82) is 0 Å². The summed E-state index contributed by atoms with van der Waals surface area (Å²) >= 11 is 0. The molecule has 0 radical (unpaired) electrons. The van der Waals surface area contributed by atoms with E-state index in [2.05, 4.69) is 26.2 Å². The highest BCUT2D eigenvalue weighted by molar-refractivity contribution is 5.69. The first-order chi connectivity index (χ1) is 10.7. The molecule has 0 spiro atoms. The molecule has 0 bridgehead atoms. The summed E-state index contributed by atoms with van der Waals surface area (Å²) in [5.74, 6) is 0.589. The van der Waals surface area contributed by atoms with Crippen LogP contribution in [0.15, 0.2) is 0 Å². The zero-order valence-corrected chi connectivity index (χ0v) is 15.4. The van der Waals surface area contributed by atoms with E-state index in [4.69, 9.17) is 4.74 Å². The second-order valence-corrected chi connectivity index (χ2v) is 6.55. The number of rotatable bonds is 16. The van der Waals surface area contributed by atoms with Gasteiger partial charge in [0.15, 0.2) is 0 Å². The Hall–Kier alpha value is -0.570. The minimum atomic E-state index is 0.00975. The Balaban J connectivity index is 3.76. The second-order valence-electron chi connectivity index (χ2n) is 6.55. The predicted octanol–water partition coefficient (Wildman–Crippen LogP) is 4.06. The Morgan fingerprint density at radius 1 is 0.909 bits per heavy atom. The maximum Gasteiger partial charge on any atom is 0.305 e. The standard InChI is InChI=1S/C19H39NO2/c1-4-6-8-10-14-18(13-7-5-2)17-22-19(21)15-11-9-12-16-20-3/h18,20H,4-17H2,1-3H3/p+1. The van der Waals surface area contributed by atoms with Gasteiger partial charge in [-0.3, -0.25) is 4.79 Å². The molecule has 0 amide bonds. The first kappa shape index (κ1) is 21.4. The Labute approximate surface area is 138 Å². The lowest BCUT2D eigenvalue weighted by Crippen LogP contribution is -2.79. The molecule has 0 heterocycles. The summed E-state index contributed by atoms with van der Waals surface area (Å²) in [4.78, 5) is 11.8. The van der Waals surface area contributed by atoms with E-state index >= 15 is 0 Å². The minimum absolute atomic E-state index is 0.00975. The fraction of sp³-hybridized carbons (Fsp3) is 0.947. The van der Waals surface area contributed by atoms with Crippen LogP contribution in [0.5, 0.6) is 0 Å². The Morgan fingerprint density at radius 3 is 2.27 bits per heavy atom. The van der Waals surface area contributed by atoms with Crippen LogP contribution in [0.2, 0.25) is 0 Å². The number of carbonyl (C=O) groups excluding carboxylic acids is 1. The average molecular weight is 315 g/mol. The van der Waals surface area contributed by atoms with Gasteiger partial charge in [0, 0.05) is 6.42 Å². The van der Waals surface area contributed by atoms with E-state index < -0.39 is 0 Å². The number of quaternary nitrogens is 1. The molecule has 132 valence electrons. The maximum absolute atomic E-state index is 11.8. The van der Waals surface area contributed by atoms with Gasteiger partial charge in [0.25, 0.3) is 0 Å². The summed E-state index contributed by atoms with van der Waals surface area (Å²) in [6.07, 6.45) is 14.0. The minimum Gasteiger partial charge on any atom is -0.465 e. The number of unbranched alkanes of at least 4 members (excludes halogenated alkanes) is 6. The molecule has 0 aliphatic heterocycles. The molecule has 0 aromatic rings. The van der Waals surface area contributed by atoms with E-state index in [1.165, 1.54) is 57.8 Å². The highest BCUT2D eigenvalue weighted by atomic mass is 16.5. The van der Waals surface area contributed by atoms with Crippen molar-refractivity contribution in [3.05, 3.63) is 0 Å². The Morgan fingerprint density at radius 2 is 1.59 bits per heavy atom. The monoisotopic (exact) mass is 314 g/mol. The van der Waals surface area contributed by atoms with Gasteiger partial charge in [-0.25, -0.2) is 0 Å². The van der Waals surface area contributed by atoms with Gasteiger partial charge in [0.05, 0.1) is 20.2 Å². The lowest BCUT2D eigenvalue weighted by atomic mass is 9.96. The molecule has 0 aromatic carbocycles. The van der Waals surface area contributed by atoms with E-state index in [0.717, 1.165) is 19.4 Å². The van der Waals surface area contributed by atoms with Gasteiger partial charge >= 0.3 is 5.97 Å². The molecule has 3 heteroatoms. The lowest BCUT2D eigenvalue weighted by Gasteiger charge is -2.16. The Bertz CT molecular complexity index is 244. The van der Waals surface area contributed by atoms with Crippen molar-refractivity contribution in [2.75, 3.05) is 20.2 Å². The van der Waals surface area contributed by atoms with E-state index in [0.29, 0.717) is 18.9 Å². The maximum atomic E-state index is 11.8. The summed E-state index contributed by atoms with van der Waals surface area (Å²) in [6, 6.07) is 0. The molecule has 0 aromatic heterocycles. The SMILES string of the molecule is CCCCCCC(CCCC)COC(=O)CCCCC[NH2+]C. The molecule has 2 N–H and O–H groups in total. The third-order valence-corrected chi connectivity index (χ3v) is 4.29. The summed E-state index contributed by atoms with van der Waals surface area (Å²) in [6.45, 7) is 6.28. The van der Waals surface area contributed by atoms with Crippen molar-refractivity contribution in [2.24, 2.45) is 5.92 Å². The van der Waals surface area contributed by atoms with Crippen LogP contribution >= 0.6 is 0 Å². The van der Waals surface area contributed by atoms with Gasteiger partial charge in [-0.2, -0.15) is 0 Å². The van der Waals surface area contributed by atoms with Crippen LogP contribution in [-0.2, 0) is 9.53 Å². The fourth-order valence-corrected chi connectivity index (χ4v) is 2.74. The first-order valence-electron chi connectivity index (χ1n) is 9.68. The van der Waals surface area contributed by atoms with Crippen molar-refractivity contribution >= 4 is 5.97 Å². The largest absolute Gasteiger partial charge is 0.465 e. The molecule has 0 aliphatic rings. The third-order valence-electron chi connectivity index (χ3n) is 4.29. The van der Waals surface area contributed by atoms with Crippen molar-refractivity contribution in [1.82, 2.24) is 0 Å². The van der Waals surface area contributed by atoms with Gasteiger partial charge in [-0.05, 0) is 38.0 Å². The average Bonchev–Trinajstić information content (AvgIpc) is 2.53. The number of nitrogens with two attached hydrogens (primary N) is 1. The molecular weight excluding hydrogens is 274 g/mol. The topological polar surface area (TPSA) is 42.9 Å². The molecule has 0 saturated carbocycles. The zero-order valence-electron chi connectivity index (χ0n) is 15.4. The first-order valence-corrected chi connectivity index (χ1v) is 9.68. The molecule has 3 nitrogen and oxygen atoms in total. The van der Waals surface area contributed by atoms with Crippen LogP contribution in [0.25, 0.3) is 0 Å². The molecular formula is C19H40NO2+. The third kappa shape index (κ3) is 14.4. The van der Waals surface area contributed by atoms with E-state index in [1.54, 1.807) is 0 Å². The van der Waals surface area contributed by atoms with Gasteiger partial charge in [0.2, 0.25) is 0 Å². The second kappa shape index (κ2) is 16.8. The van der Waals surface area contributed by atoms with Crippen LogP contribution in [0.3, 0.4) is 0 Å². The molecule has 0 fully saturated rings. The summed E-state index contributed by atoms with van der Waals surface area (Å²) in [7, 11) is 2.09. The van der Waals surface area contributed by atoms with Gasteiger partial charge in [-0.15, -0.1) is 0 Å². The summed E-state index contributed by atoms with van der Waals surface area (Å²) < 4.78 is 5.52. The van der Waals surface area contributed by atoms with Crippen molar-refractivity contribution in [3.8, 4) is 0 Å². The summed E-state index contributed by atoms with van der Waals surface area (Å²) in [5, 5.41) is 2.19. The molecule has 0 saturated heterocycles. The van der Waals surface area contributed by atoms with Crippen molar-refractivity contribution < 1.29 is 14.8 Å². The van der Waals surface area contributed by atoms with Crippen LogP contribution in [-0.4, -0.2) is 26.2 Å². The Kier molecular flexibility index (Phi) is 16.4. The molecule has 1 atom stereocenters. The predicted molar refractivity (Wildman–Crippen MR) is 93.9 cm³/mol. The quantitative estimate of drug-likeness (QED) is 0.345. The molecule has 1 unspecified atom stereocenters. The highest BCUT2D eigenvalue weighted by Gasteiger charge is 2.11. The highest BCUT2D eigenvalue weighted by Crippen LogP contribution is 2.18. The van der Waals surface area contributed by atoms with Crippen LogP contribution in [0, 0.1) is 5.92 Å². The van der Waals surface area contributed by atoms with E-state index in [1.807, 2.05) is 0 Å². The van der Waals surface area contributed by atoms with Crippen molar-refractivity contribution in [2.45, 2.75) is 90.9 Å². The number of esters is 1. The van der Waals surface area contributed by atoms with Gasteiger partial charge in [0.1, 0.15) is 0 Å². The number of ether oxygens (including phenoxy) is 1. The van der Waals surface area contributed by atoms with Crippen LogP contribution in [0.4, 0.5) is 0 Å². The van der Waals surface area contributed by atoms with Gasteiger partial charge in [-0.1, -0.05) is 52.4 Å².